The minimum Gasteiger partial charge on any atom is -0.507 e. The second-order valence-corrected chi connectivity index (χ2v) is 11.0. The van der Waals surface area contributed by atoms with Crippen molar-refractivity contribution in [3.8, 4) is 16.9 Å². The number of aryl methyl sites for hydroxylation is 1. The van der Waals surface area contributed by atoms with Crippen molar-refractivity contribution >= 4 is 36.6 Å². The number of benzene rings is 4. The zero-order valence-corrected chi connectivity index (χ0v) is 19.7. The van der Waals surface area contributed by atoms with Gasteiger partial charge in [0.1, 0.15) is 5.75 Å². The van der Waals surface area contributed by atoms with E-state index >= 15 is 0 Å². The molecule has 0 saturated carbocycles. The SMILES string of the molecule is Cc1cc(-c2ccc(SCCP(c3ccccc3)c3ccccc3)cc2)cc(C=O)c1O. The Labute approximate surface area is 195 Å². The van der Waals surface area contributed by atoms with E-state index in [4.69, 9.17) is 0 Å². The molecule has 4 aromatic rings. The lowest BCUT2D eigenvalue weighted by atomic mass is 10.00. The summed E-state index contributed by atoms with van der Waals surface area (Å²) in [6, 6.07) is 33.7. The first kappa shape index (κ1) is 22.3. The van der Waals surface area contributed by atoms with Crippen LogP contribution in [0.25, 0.3) is 11.1 Å². The summed E-state index contributed by atoms with van der Waals surface area (Å²) in [5.41, 5.74) is 3.01. The predicted molar refractivity (Wildman–Crippen MR) is 138 cm³/mol. The average Bonchev–Trinajstić information content (AvgIpc) is 2.85. The predicted octanol–water partition coefficient (Wildman–Crippen LogP) is 6.41. The average molecular weight is 457 g/mol. The molecule has 0 unspecified atom stereocenters. The van der Waals surface area contributed by atoms with E-state index in [0.717, 1.165) is 23.0 Å². The van der Waals surface area contributed by atoms with Crippen LogP contribution in [-0.2, 0) is 0 Å². The van der Waals surface area contributed by atoms with Crippen LogP contribution in [0.5, 0.6) is 5.75 Å². The van der Waals surface area contributed by atoms with Crippen LogP contribution in [0.15, 0.2) is 102 Å². The number of aldehydes is 1. The van der Waals surface area contributed by atoms with Gasteiger partial charge < -0.3 is 5.11 Å². The molecule has 0 heterocycles. The summed E-state index contributed by atoms with van der Waals surface area (Å²) < 4.78 is 0. The fourth-order valence-electron chi connectivity index (χ4n) is 3.68. The van der Waals surface area contributed by atoms with Crippen molar-refractivity contribution in [3.05, 3.63) is 108 Å². The van der Waals surface area contributed by atoms with Gasteiger partial charge in [0.05, 0.1) is 5.56 Å². The van der Waals surface area contributed by atoms with Gasteiger partial charge in [0.15, 0.2) is 6.29 Å². The number of thioether (sulfide) groups is 1. The molecular weight excluding hydrogens is 431 g/mol. The van der Waals surface area contributed by atoms with E-state index in [1.807, 2.05) is 24.8 Å². The Hall–Kier alpha value is -2.87. The molecule has 32 heavy (non-hydrogen) atoms. The molecule has 0 aliphatic rings. The minimum absolute atomic E-state index is 0.0595. The van der Waals surface area contributed by atoms with Crippen molar-refractivity contribution in [1.29, 1.82) is 0 Å². The molecule has 160 valence electrons. The molecule has 0 aromatic heterocycles. The van der Waals surface area contributed by atoms with Crippen molar-refractivity contribution in [2.75, 3.05) is 11.9 Å². The van der Waals surface area contributed by atoms with Crippen molar-refractivity contribution in [1.82, 2.24) is 0 Å². The molecule has 0 amide bonds. The van der Waals surface area contributed by atoms with Crippen LogP contribution in [0.1, 0.15) is 15.9 Å². The van der Waals surface area contributed by atoms with Crippen molar-refractivity contribution in [2.24, 2.45) is 0 Å². The van der Waals surface area contributed by atoms with Gasteiger partial charge in [-0.25, -0.2) is 0 Å². The molecule has 0 bridgehead atoms. The Bertz CT molecular complexity index is 1140. The Morgan fingerprint density at radius 1 is 0.812 bits per heavy atom. The van der Waals surface area contributed by atoms with Gasteiger partial charge in [-0.3, -0.25) is 4.79 Å². The molecule has 0 aliphatic heterocycles. The van der Waals surface area contributed by atoms with E-state index in [0.29, 0.717) is 17.4 Å². The lowest BCUT2D eigenvalue weighted by Gasteiger charge is -2.18. The molecule has 0 aliphatic carbocycles. The molecule has 0 atom stereocenters. The molecular formula is C28H25O2PS. The number of hydrogen-bond donors (Lipinski definition) is 1. The largest absolute Gasteiger partial charge is 0.507 e. The van der Waals surface area contributed by atoms with Crippen LogP contribution in [0.2, 0.25) is 0 Å². The normalized spacial score (nSPS) is 10.9. The Balaban J connectivity index is 1.45. The molecule has 0 fully saturated rings. The number of aromatic hydroxyl groups is 1. The second-order valence-electron chi connectivity index (χ2n) is 7.54. The van der Waals surface area contributed by atoms with Gasteiger partial charge in [-0.05, 0) is 72.6 Å². The Kier molecular flexibility index (Phi) is 7.42. The summed E-state index contributed by atoms with van der Waals surface area (Å²) in [5.74, 6) is 1.10. The second kappa shape index (κ2) is 10.6. The summed E-state index contributed by atoms with van der Waals surface area (Å²) in [6.07, 6.45) is 1.82. The van der Waals surface area contributed by atoms with E-state index in [9.17, 15) is 9.90 Å². The molecule has 4 aromatic carbocycles. The third-order valence-corrected chi connectivity index (χ3v) is 9.19. The number of phenols is 1. The first-order valence-electron chi connectivity index (χ1n) is 10.6. The van der Waals surface area contributed by atoms with E-state index in [-0.39, 0.29) is 13.7 Å². The first-order chi connectivity index (χ1) is 15.7. The zero-order chi connectivity index (χ0) is 22.3. The summed E-state index contributed by atoms with van der Waals surface area (Å²) in [7, 11) is -0.380. The molecule has 4 rings (SSSR count). The van der Waals surface area contributed by atoms with Gasteiger partial charge in [0, 0.05) is 10.6 Å². The van der Waals surface area contributed by atoms with Crippen LogP contribution < -0.4 is 10.6 Å². The van der Waals surface area contributed by atoms with E-state index in [1.54, 1.807) is 6.07 Å². The standard InChI is InChI=1S/C28H25O2PS/c1-21-18-23(19-24(20-29)28(21)30)22-12-14-27(15-13-22)32-17-16-31(25-8-4-2-5-9-25)26-10-6-3-7-11-26/h2-15,18-20,30H,16-17H2,1H3. The third-order valence-electron chi connectivity index (χ3n) is 5.36. The number of carbonyl (C=O) groups excluding carboxylic acids is 1. The molecule has 0 saturated heterocycles. The van der Waals surface area contributed by atoms with Gasteiger partial charge in [-0.2, -0.15) is 0 Å². The highest BCUT2D eigenvalue weighted by Gasteiger charge is 2.13. The molecule has 4 heteroatoms. The van der Waals surface area contributed by atoms with Crippen LogP contribution >= 0.6 is 19.7 Å². The number of carbonyl (C=O) groups is 1. The summed E-state index contributed by atoms with van der Waals surface area (Å²) in [4.78, 5) is 12.5. The molecule has 1 N–H and O–H groups in total. The first-order valence-corrected chi connectivity index (χ1v) is 13.1. The fraction of sp³-hybridized carbons (Fsp3) is 0.107. The highest BCUT2D eigenvalue weighted by atomic mass is 32.2. The van der Waals surface area contributed by atoms with Crippen molar-refractivity contribution in [3.63, 3.8) is 0 Å². The summed E-state index contributed by atoms with van der Waals surface area (Å²) in [5, 5.41) is 12.8. The van der Waals surface area contributed by atoms with Crippen LogP contribution in [-0.4, -0.2) is 23.3 Å². The topological polar surface area (TPSA) is 37.3 Å². The summed E-state index contributed by atoms with van der Waals surface area (Å²) in [6.45, 7) is 1.81. The van der Waals surface area contributed by atoms with Gasteiger partial charge >= 0.3 is 0 Å². The zero-order valence-electron chi connectivity index (χ0n) is 17.9. The van der Waals surface area contributed by atoms with Crippen LogP contribution in [0.4, 0.5) is 0 Å². The highest BCUT2D eigenvalue weighted by molar-refractivity contribution is 7.99. The quantitative estimate of drug-likeness (QED) is 0.189. The Morgan fingerprint density at radius 2 is 1.41 bits per heavy atom. The maximum absolute atomic E-state index is 11.2. The number of hydrogen-bond acceptors (Lipinski definition) is 3. The fourth-order valence-corrected chi connectivity index (χ4v) is 7.22. The third kappa shape index (κ3) is 5.30. The number of rotatable bonds is 8. The summed E-state index contributed by atoms with van der Waals surface area (Å²) >= 11 is 1.88. The van der Waals surface area contributed by atoms with Crippen LogP contribution in [0, 0.1) is 6.92 Å². The highest BCUT2D eigenvalue weighted by Crippen LogP contribution is 2.36. The lowest BCUT2D eigenvalue weighted by Crippen LogP contribution is -2.14. The molecule has 0 radical (unpaired) electrons. The van der Waals surface area contributed by atoms with Crippen molar-refractivity contribution in [2.45, 2.75) is 11.8 Å². The monoisotopic (exact) mass is 456 g/mol. The smallest absolute Gasteiger partial charge is 0.153 e. The number of phenolic OH excluding ortho intramolecular Hbond substituents is 1. The van der Waals surface area contributed by atoms with E-state index in [1.165, 1.54) is 15.5 Å². The molecule has 2 nitrogen and oxygen atoms in total. The van der Waals surface area contributed by atoms with Gasteiger partial charge in [-0.15, -0.1) is 11.8 Å². The van der Waals surface area contributed by atoms with E-state index in [2.05, 4.69) is 84.9 Å². The maximum atomic E-state index is 11.2. The van der Waals surface area contributed by atoms with Crippen molar-refractivity contribution < 1.29 is 9.90 Å². The lowest BCUT2D eigenvalue weighted by molar-refractivity contribution is 0.112. The van der Waals surface area contributed by atoms with Gasteiger partial charge in [0.2, 0.25) is 0 Å². The van der Waals surface area contributed by atoms with Crippen LogP contribution in [0.3, 0.4) is 0 Å². The van der Waals surface area contributed by atoms with Gasteiger partial charge in [0.25, 0.3) is 0 Å². The van der Waals surface area contributed by atoms with Gasteiger partial charge in [-0.1, -0.05) is 72.8 Å². The minimum atomic E-state index is -0.380. The molecule has 0 spiro atoms. The van der Waals surface area contributed by atoms with E-state index < -0.39 is 0 Å². The maximum Gasteiger partial charge on any atom is 0.153 e. The Morgan fingerprint density at radius 3 is 1.97 bits per heavy atom.